The second-order valence-corrected chi connectivity index (χ2v) is 4.88. The van der Waals surface area contributed by atoms with Crippen LogP contribution in [-0.2, 0) is 11.2 Å². The van der Waals surface area contributed by atoms with Crippen molar-refractivity contribution in [3.05, 3.63) is 35.6 Å². The molecule has 0 saturated carbocycles. The molecule has 0 spiro atoms. The zero-order valence-corrected chi connectivity index (χ0v) is 11.9. The summed E-state index contributed by atoms with van der Waals surface area (Å²) in [5.74, 6) is -1.04. The molecule has 0 atom stereocenters. The van der Waals surface area contributed by atoms with Gasteiger partial charge in [-0.1, -0.05) is 31.5 Å². The molecule has 0 saturated heterocycles. The van der Waals surface area contributed by atoms with Crippen molar-refractivity contribution in [3.63, 3.8) is 0 Å². The molecule has 1 rings (SSSR count). The van der Waals surface area contributed by atoms with E-state index >= 15 is 0 Å². The molecule has 6 heteroatoms. The minimum atomic E-state index is -4.42. The standard InChI is InChI=1S/C15H19F4NO/c1-2-3-10-20(11-15(17,18)19)14(21)9-8-12-6-4-5-7-13(12)16/h4-7H,2-3,8-11H2,1H3. The average molecular weight is 305 g/mol. The fourth-order valence-electron chi connectivity index (χ4n) is 1.96. The van der Waals surface area contributed by atoms with Gasteiger partial charge in [-0.05, 0) is 24.5 Å². The number of aryl methyl sites for hydroxylation is 1. The Hall–Kier alpha value is -1.59. The van der Waals surface area contributed by atoms with Crippen molar-refractivity contribution in [1.29, 1.82) is 0 Å². The number of carbonyl (C=O) groups excluding carboxylic acids is 1. The lowest BCUT2D eigenvalue weighted by molar-refractivity contribution is -0.161. The van der Waals surface area contributed by atoms with Crippen molar-refractivity contribution in [2.75, 3.05) is 13.1 Å². The van der Waals surface area contributed by atoms with Crippen molar-refractivity contribution in [2.45, 2.75) is 38.8 Å². The van der Waals surface area contributed by atoms with Crippen LogP contribution in [0.15, 0.2) is 24.3 Å². The third-order valence-corrected chi connectivity index (χ3v) is 3.07. The Labute approximate surface area is 121 Å². The molecule has 1 aromatic rings. The summed E-state index contributed by atoms with van der Waals surface area (Å²) >= 11 is 0. The quantitative estimate of drug-likeness (QED) is 0.699. The number of halogens is 4. The molecule has 0 aliphatic rings. The monoisotopic (exact) mass is 305 g/mol. The Bertz CT molecular complexity index is 459. The highest BCUT2D eigenvalue weighted by atomic mass is 19.4. The number of hydrogen-bond acceptors (Lipinski definition) is 1. The van der Waals surface area contributed by atoms with Crippen LogP contribution in [0.3, 0.4) is 0 Å². The van der Waals surface area contributed by atoms with Gasteiger partial charge in [0.2, 0.25) is 5.91 Å². The third-order valence-electron chi connectivity index (χ3n) is 3.07. The Morgan fingerprint density at radius 2 is 1.90 bits per heavy atom. The van der Waals surface area contributed by atoms with Crippen LogP contribution in [-0.4, -0.2) is 30.1 Å². The molecule has 0 fully saturated rings. The number of unbranched alkanes of at least 4 members (excludes halogenated alkanes) is 1. The van der Waals surface area contributed by atoms with E-state index in [1.807, 2.05) is 6.92 Å². The van der Waals surface area contributed by atoms with Crippen LogP contribution in [0.2, 0.25) is 0 Å². The van der Waals surface area contributed by atoms with Crippen LogP contribution >= 0.6 is 0 Å². The smallest absolute Gasteiger partial charge is 0.334 e. The summed E-state index contributed by atoms with van der Waals surface area (Å²) in [5.41, 5.74) is 0.341. The zero-order valence-electron chi connectivity index (χ0n) is 11.9. The topological polar surface area (TPSA) is 20.3 Å². The first-order chi connectivity index (χ1) is 9.83. The third kappa shape index (κ3) is 6.60. The second-order valence-electron chi connectivity index (χ2n) is 4.88. The average Bonchev–Trinajstić information content (AvgIpc) is 2.41. The van der Waals surface area contributed by atoms with Gasteiger partial charge in [-0.2, -0.15) is 13.2 Å². The zero-order chi connectivity index (χ0) is 15.9. The van der Waals surface area contributed by atoms with Gasteiger partial charge in [0.05, 0.1) is 0 Å². The van der Waals surface area contributed by atoms with E-state index < -0.39 is 24.4 Å². The second kappa shape index (κ2) is 8.00. The molecule has 0 aliphatic heterocycles. The first-order valence-electron chi connectivity index (χ1n) is 6.91. The maximum atomic E-state index is 13.4. The van der Waals surface area contributed by atoms with Crippen LogP contribution in [0.25, 0.3) is 0 Å². The number of alkyl halides is 3. The summed E-state index contributed by atoms with van der Waals surface area (Å²) in [5, 5.41) is 0. The van der Waals surface area contributed by atoms with Gasteiger partial charge in [0.25, 0.3) is 0 Å². The van der Waals surface area contributed by atoms with Gasteiger partial charge < -0.3 is 4.90 Å². The minimum absolute atomic E-state index is 0.0755. The Kier molecular flexibility index (Phi) is 6.65. The molecule has 1 aromatic carbocycles. The first kappa shape index (κ1) is 17.5. The summed E-state index contributed by atoms with van der Waals surface area (Å²) in [6.07, 6.45) is -3.22. The molecule has 118 valence electrons. The largest absolute Gasteiger partial charge is 0.406 e. The summed E-state index contributed by atoms with van der Waals surface area (Å²) in [7, 11) is 0. The van der Waals surface area contributed by atoms with E-state index in [0.29, 0.717) is 18.4 Å². The predicted octanol–water partition coefficient (Wildman–Crippen LogP) is 3.95. The molecule has 0 unspecified atom stereocenters. The molecule has 0 heterocycles. The number of nitrogens with zero attached hydrogens (tertiary/aromatic N) is 1. The first-order valence-corrected chi connectivity index (χ1v) is 6.91. The number of hydrogen-bond donors (Lipinski definition) is 0. The number of carbonyl (C=O) groups is 1. The van der Waals surface area contributed by atoms with Crippen molar-refractivity contribution in [3.8, 4) is 0 Å². The van der Waals surface area contributed by atoms with Crippen LogP contribution in [0.1, 0.15) is 31.7 Å². The molecule has 0 bridgehead atoms. The minimum Gasteiger partial charge on any atom is -0.334 e. The molecule has 0 aliphatic carbocycles. The number of rotatable bonds is 7. The predicted molar refractivity (Wildman–Crippen MR) is 72.3 cm³/mol. The van der Waals surface area contributed by atoms with Crippen LogP contribution < -0.4 is 0 Å². The molecule has 0 radical (unpaired) electrons. The Morgan fingerprint density at radius 3 is 2.48 bits per heavy atom. The highest BCUT2D eigenvalue weighted by molar-refractivity contribution is 5.76. The summed E-state index contributed by atoms with van der Waals surface area (Å²) in [6, 6.07) is 5.96. The van der Waals surface area contributed by atoms with E-state index in [1.165, 1.54) is 18.2 Å². The fraction of sp³-hybridized carbons (Fsp3) is 0.533. The van der Waals surface area contributed by atoms with E-state index in [1.54, 1.807) is 6.07 Å². The fourth-order valence-corrected chi connectivity index (χ4v) is 1.96. The van der Waals surface area contributed by atoms with Gasteiger partial charge in [0.15, 0.2) is 0 Å². The lowest BCUT2D eigenvalue weighted by Crippen LogP contribution is -2.39. The maximum Gasteiger partial charge on any atom is 0.406 e. The van der Waals surface area contributed by atoms with E-state index in [0.717, 1.165) is 4.90 Å². The van der Waals surface area contributed by atoms with Crippen LogP contribution in [0.5, 0.6) is 0 Å². The summed E-state index contributed by atoms with van der Waals surface area (Å²) in [4.78, 5) is 12.7. The molecule has 0 aromatic heterocycles. The van der Waals surface area contributed by atoms with Gasteiger partial charge >= 0.3 is 6.18 Å². The van der Waals surface area contributed by atoms with E-state index in [-0.39, 0.29) is 19.4 Å². The van der Waals surface area contributed by atoms with Gasteiger partial charge in [-0.15, -0.1) is 0 Å². The van der Waals surface area contributed by atoms with E-state index in [9.17, 15) is 22.4 Å². The van der Waals surface area contributed by atoms with E-state index in [2.05, 4.69) is 0 Å². The molecule has 21 heavy (non-hydrogen) atoms. The van der Waals surface area contributed by atoms with Crippen molar-refractivity contribution < 1.29 is 22.4 Å². The highest BCUT2D eigenvalue weighted by Gasteiger charge is 2.32. The number of amides is 1. The summed E-state index contributed by atoms with van der Waals surface area (Å²) in [6.45, 7) is 0.671. The molecular formula is C15H19F4NO. The summed E-state index contributed by atoms with van der Waals surface area (Å²) < 4.78 is 50.8. The van der Waals surface area contributed by atoms with Gasteiger partial charge in [-0.3, -0.25) is 4.79 Å². The van der Waals surface area contributed by atoms with Crippen molar-refractivity contribution in [1.82, 2.24) is 4.90 Å². The SMILES string of the molecule is CCCCN(CC(F)(F)F)C(=O)CCc1ccccc1F. The highest BCUT2D eigenvalue weighted by Crippen LogP contribution is 2.18. The molecule has 1 amide bonds. The normalized spacial score (nSPS) is 11.5. The molecular weight excluding hydrogens is 286 g/mol. The van der Waals surface area contributed by atoms with Gasteiger partial charge in [0.1, 0.15) is 12.4 Å². The molecule has 0 N–H and O–H groups in total. The lowest BCUT2D eigenvalue weighted by atomic mass is 10.1. The van der Waals surface area contributed by atoms with Crippen molar-refractivity contribution >= 4 is 5.91 Å². The lowest BCUT2D eigenvalue weighted by Gasteiger charge is -2.24. The van der Waals surface area contributed by atoms with Crippen LogP contribution in [0, 0.1) is 5.82 Å². The Balaban J connectivity index is 2.61. The van der Waals surface area contributed by atoms with Crippen molar-refractivity contribution in [2.24, 2.45) is 0 Å². The van der Waals surface area contributed by atoms with E-state index in [4.69, 9.17) is 0 Å². The molecule has 2 nitrogen and oxygen atoms in total. The van der Waals surface area contributed by atoms with Gasteiger partial charge in [-0.25, -0.2) is 4.39 Å². The number of benzene rings is 1. The van der Waals surface area contributed by atoms with Gasteiger partial charge in [0, 0.05) is 13.0 Å². The Morgan fingerprint density at radius 1 is 1.24 bits per heavy atom. The maximum absolute atomic E-state index is 13.4. The van der Waals surface area contributed by atoms with Crippen LogP contribution in [0.4, 0.5) is 17.6 Å².